The van der Waals surface area contributed by atoms with E-state index in [0.29, 0.717) is 6.54 Å². The number of pyridine rings is 1. The Labute approximate surface area is 144 Å². The number of benzene rings is 1. The van der Waals surface area contributed by atoms with Crippen LogP contribution < -0.4 is 10.6 Å². The van der Waals surface area contributed by atoms with E-state index in [4.69, 9.17) is 0 Å². The van der Waals surface area contributed by atoms with Crippen LogP contribution in [0, 0.1) is 6.92 Å². The van der Waals surface area contributed by atoms with E-state index in [-0.39, 0.29) is 12.1 Å². The lowest BCUT2D eigenvalue weighted by Gasteiger charge is -2.20. The number of amides is 2. The van der Waals surface area contributed by atoms with Gasteiger partial charge in [-0.1, -0.05) is 30.3 Å². The number of aromatic nitrogens is 2. The van der Waals surface area contributed by atoms with Crippen LogP contribution in [0.25, 0.3) is 0 Å². The summed E-state index contributed by atoms with van der Waals surface area (Å²) in [6.07, 6.45) is 3.45. The molecule has 3 aromatic rings. The molecule has 2 N–H and O–H groups in total. The first-order valence-electron chi connectivity index (χ1n) is 7.62. The number of urea groups is 1. The van der Waals surface area contributed by atoms with Crippen molar-refractivity contribution in [1.29, 1.82) is 0 Å². The van der Waals surface area contributed by atoms with Gasteiger partial charge in [0.25, 0.3) is 0 Å². The molecular weight excluding hydrogens is 320 g/mol. The van der Waals surface area contributed by atoms with E-state index in [9.17, 15) is 4.79 Å². The smallest absolute Gasteiger partial charge is 0.315 e. The summed E-state index contributed by atoms with van der Waals surface area (Å²) < 4.78 is 0. The lowest BCUT2D eigenvalue weighted by atomic mass is 10.00. The molecule has 3 rings (SSSR count). The summed E-state index contributed by atoms with van der Waals surface area (Å²) in [7, 11) is 0. The Balaban J connectivity index is 1.71. The molecule has 0 radical (unpaired) electrons. The molecule has 0 aliphatic heterocycles. The van der Waals surface area contributed by atoms with Crippen molar-refractivity contribution in [2.75, 3.05) is 0 Å². The molecule has 5 nitrogen and oxygen atoms in total. The Morgan fingerprint density at radius 1 is 1.12 bits per heavy atom. The summed E-state index contributed by atoms with van der Waals surface area (Å²) in [5.41, 5.74) is 2.87. The van der Waals surface area contributed by atoms with Gasteiger partial charge in [-0.15, -0.1) is 11.3 Å². The van der Waals surface area contributed by atoms with E-state index < -0.39 is 0 Å². The highest BCUT2D eigenvalue weighted by molar-refractivity contribution is 7.09. The zero-order valence-electron chi connectivity index (χ0n) is 13.3. The van der Waals surface area contributed by atoms with Gasteiger partial charge in [-0.25, -0.2) is 9.78 Å². The van der Waals surface area contributed by atoms with Gasteiger partial charge in [-0.2, -0.15) is 0 Å². The van der Waals surface area contributed by atoms with Crippen molar-refractivity contribution >= 4 is 17.4 Å². The van der Waals surface area contributed by atoms with Gasteiger partial charge in [0.2, 0.25) is 0 Å². The zero-order valence-corrected chi connectivity index (χ0v) is 14.1. The minimum atomic E-state index is -0.230. The van der Waals surface area contributed by atoms with Gasteiger partial charge in [-0.05, 0) is 30.2 Å². The summed E-state index contributed by atoms with van der Waals surface area (Å²) in [4.78, 5) is 20.7. The van der Waals surface area contributed by atoms with Gasteiger partial charge in [0.05, 0.1) is 23.3 Å². The molecule has 2 heterocycles. The molecule has 122 valence electrons. The third-order valence-corrected chi connectivity index (χ3v) is 4.37. The highest BCUT2D eigenvalue weighted by atomic mass is 32.1. The minimum absolute atomic E-state index is 0.230. The van der Waals surface area contributed by atoms with Gasteiger partial charge in [0.15, 0.2) is 0 Å². The third kappa shape index (κ3) is 4.17. The molecule has 2 amide bonds. The van der Waals surface area contributed by atoms with Crippen LogP contribution in [-0.4, -0.2) is 16.0 Å². The van der Waals surface area contributed by atoms with E-state index >= 15 is 0 Å². The van der Waals surface area contributed by atoms with Crippen molar-refractivity contribution in [3.05, 3.63) is 82.1 Å². The van der Waals surface area contributed by atoms with Gasteiger partial charge in [-0.3, -0.25) is 4.98 Å². The molecule has 0 spiro atoms. The molecule has 0 aliphatic carbocycles. The van der Waals surface area contributed by atoms with Crippen LogP contribution in [0.3, 0.4) is 0 Å². The summed E-state index contributed by atoms with van der Waals surface area (Å²) in [6.45, 7) is 2.36. The minimum Gasteiger partial charge on any atom is -0.332 e. The van der Waals surface area contributed by atoms with E-state index in [1.807, 2.05) is 54.8 Å². The second-order valence-corrected chi connectivity index (χ2v) is 6.37. The molecule has 0 aliphatic rings. The molecule has 0 bridgehead atoms. The lowest BCUT2D eigenvalue weighted by Crippen LogP contribution is -2.38. The first-order valence-corrected chi connectivity index (χ1v) is 8.50. The van der Waals surface area contributed by atoms with Crippen molar-refractivity contribution in [3.8, 4) is 0 Å². The first kappa shape index (κ1) is 16.1. The monoisotopic (exact) mass is 338 g/mol. The maximum Gasteiger partial charge on any atom is 0.315 e. The molecule has 0 saturated heterocycles. The van der Waals surface area contributed by atoms with Gasteiger partial charge in [0.1, 0.15) is 0 Å². The maximum atomic E-state index is 12.3. The van der Waals surface area contributed by atoms with Crippen LogP contribution in [0.1, 0.15) is 27.9 Å². The molecule has 1 atom stereocenters. The van der Waals surface area contributed by atoms with Crippen LogP contribution in [0.15, 0.2) is 60.2 Å². The summed E-state index contributed by atoms with van der Waals surface area (Å²) in [5.74, 6) is 0. The van der Waals surface area contributed by atoms with Crippen molar-refractivity contribution in [2.24, 2.45) is 0 Å². The number of carbonyl (C=O) groups excluding carboxylic acids is 1. The fraction of sp³-hybridized carbons (Fsp3) is 0.167. The van der Waals surface area contributed by atoms with Crippen LogP contribution in [0.4, 0.5) is 4.79 Å². The number of nitrogens with zero attached hydrogens (tertiary/aromatic N) is 2. The number of rotatable bonds is 5. The van der Waals surface area contributed by atoms with E-state index in [1.54, 1.807) is 23.7 Å². The average molecular weight is 338 g/mol. The van der Waals surface area contributed by atoms with Crippen molar-refractivity contribution < 1.29 is 4.79 Å². The quantitative estimate of drug-likeness (QED) is 0.749. The highest BCUT2D eigenvalue weighted by Crippen LogP contribution is 2.21. The van der Waals surface area contributed by atoms with E-state index in [2.05, 4.69) is 20.6 Å². The fourth-order valence-electron chi connectivity index (χ4n) is 2.40. The number of hydrogen-bond acceptors (Lipinski definition) is 4. The van der Waals surface area contributed by atoms with Crippen molar-refractivity contribution in [1.82, 2.24) is 20.6 Å². The second-order valence-electron chi connectivity index (χ2n) is 5.31. The molecule has 0 fully saturated rings. The largest absolute Gasteiger partial charge is 0.332 e. The highest BCUT2D eigenvalue weighted by Gasteiger charge is 2.16. The van der Waals surface area contributed by atoms with Gasteiger partial charge in [0, 0.05) is 17.8 Å². The number of hydrogen-bond donors (Lipinski definition) is 2. The molecule has 24 heavy (non-hydrogen) atoms. The van der Waals surface area contributed by atoms with E-state index in [0.717, 1.165) is 21.8 Å². The summed E-state index contributed by atoms with van der Waals surface area (Å²) in [5, 5.41) is 8.83. The number of aryl methyl sites for hydroxylation is 1. The topological polar surface area (TPSA) is 66.9 Å². The SMILES string of the molecule is Cc1nc(CNC(=O)NC(c2ccccc2)c2ccncc2)cs1. The number of nitrogens with one attached hydrogen (secondary N) is 2. The maximum absolute atomic E-state index is 12.3. The Kier molecular flexibility index (Phi) is 5.18. The average Bonchev–Trinajstić information content (AvgIpc) is 3.05. The standard InChI is InChI=1S/C18H18N4OS/c1-13-21-16(12-24-13)11-20-18(23)22-17(14-5-3-2-4-6-14)15-7-9-19-10-8-15/h2-10,12,17H,11H2,1H3,(H2,20,22,23). The Hall–Kier alpha value is -2.73. The van der Waals surface area contributed by atoms with Crippen LogP contribution in [0.2, 0.25) is 0 Å². The lowest BCUT2D eigenvalue weighted by molar-refractivity contribution is 0.238. The van der Waals surface area contributed by atoms with E-state index in [1.165, 1.54) is 0 Å². The molecule has 1 aromatic carbocycles. The van der Waals surface area contributed by atoms with Crippen LogP contribution >= 0.6 is 11.3 Å². The van der Waals surface area contributed by atoms with Crippen LogP contribution in [0.5, 0.6) is 0 Å². The van der Waals surface area contributed by atoms with Crippen LogP contribution in [-0.2, 0) is 6.54 Å². The molecule has 1 unspecified atom stereocenters. The fourth-order valence-corrected chi connectivity index (χ4v) is 3.02. The first-order chi connectivity index (χ1) is 11.7. The zero-order chi connectivity index (χ0) is 16.8. The van der Waals surface area contributed by atoms with Gasteiger partial charge >= 0.3 is 6.03 Å². The molecular formula is C18H18N4OS. The number of thiazole rings is 1. The number of carbonyl (C=O) groups is 1. The van der Waals surface area contributed by atoms with Crippen molar-refractivity contribution in [3.63, 3.8) is 0 Å². The second kappa shape index (κ2) is 7.70. The predicted octanol–water partition coefficient (Wildman–Crippen LogP) is 3.44. The third-order valence-electron chi connectivity index (χ3n) is 3.54. The Morgan fingerprint density at radius 2 is 1.83 bits per heavy atom. The van der Waals surface area contributed by atoms with Crippen molar-refractivity contribution in [2.45, 2.75) is 19.5 Å². The van der Waals surface area contributed by atoms with Gasteiger partial charge < -0.3 is 10.6 Å². The molecule has 0 saturated carbocycles. The molecule has 2 aromatic heterocycles. The normalized spacial score (nSPS) is 11.7. The summed E-state index contributed by atoms with van der Waals surface area (Å²) >= 11 is 1.57. The Morgan fingerprint density at radius 3 is 2.50 bits per heavy atom. The molecule has 6 heteroatoms. The predicted molar refractivity (Wildman–Crippen MR) is 94.7 cm³/mol. The summed E-state index contributed by atoms with van der Waals surface area (Å²) in [6, 6.07) is 13.2. The Bertz CT molecular complexity index is 750.